The number of carbonyl (C=O) groups is 5. The zero-order valence-corrected chi connectivity index (χ0v) is 20.6. The van der Waals surface area contributed by atoms with Gasteiger partial charge < -0.3 is 15.9 Å². The van der Waals surface area contributed by atoms with E-state index in [1.807, 2.05) is 0 Å². The lowest BCUT2D eigenvalue weighted by Crippen LogP contribution is -2.74. The normalized spacial score (nSPS) is 31.1. The summed E-state index contributed by atoms with van der Waals surface area (Å²) >= 11 is 5.80. The van der Waals surface area contributed by atoms with Crippen molar-refractivity contribution in [3.05, 3.63) is 40.9 Å². The summed E-state index contributed by atoms with van der Waals surface area (Å²) in [6.45, 7) is 0. The molecule has 192 valence electrons. The Morgan fingerprint density at radius 3 is 2.38 bits per heavy atom. The molecule has 3 aliphatic carbocycles. The van der Waals surface area contributed by atoms with Crippen LogP contribution in [0.3, 0.4) is 0 Å². The van der Waals surface area contributed by atoms with E-state index in [0.717, 1.165) is 0 Å². The van der Waals surface area contributed by atoms with Crippen LogP contribution in [0.15, 0.2) is 24.5 Å². The van der Waals surface area contributed by atoms with E-state index in [1.54, 1.807) is 6.07 Å². The van der Waals surface area contributed by atoms with Crippen molar-refractivity contribution in [3.63, 3.8) is 0 Å². The average molecular weight is 527 g/mol. The van der Waals surface area contributed by atoms with Gasteiger partial charge >= 0.3 is 0 Å². The number of fused-ring (bicyclic) bond motifs is 3. The van der Waals surface area contributed by atoms with Gasteiger partial charge in [-0.05, 0) is 61.6 Å². The number of nitrogens with two attached hydrogens (primary N) is 1. The molecule has 2 saturated carbocycles. The fraction of sp³-hybridized carbons (Fsp3) is 0.400. The third-order valence-corrected chi connectivity index (χ3v) is 8.07. The zero-order valence-electron chi connectivity index (χ0n) is 19.8. The van der Waals surface area contributed by atoms with Crippen molar-refractivity contribution < 1.29 is 34.2 Å². The number of carbonyl (C=O) groups excluding carboxylic acids is 5. The standard InChI is InChI=1S/C25H23ClN4O7/c1-30(2)18-13-6-9-5-12-11(10-7-28-24(26)29-8-10)3-4-14(31)16(12)19(32)15(9)21(34)25(13,37)22(35)17(20(18)33)23(27)36/h3-4,7-9,13,15,17-18,31,37H,5-6H2,1-2H3,(H2,27,36)/t9-,13-,15?,17?,18?,25+/m0/s1. The Morgan fingerprint density at radius 2 is 1.78 bits per heavy atom. The van der Waals surface area contributed by atoms with Gasteiger partial charge in [0.15, 0.2) is 34.7 Å². The molecule has 3 aliphatic rings. The summed E-state index contributed by atoms with van der Waals surface area (Å²) in [5.74, 6) is -10.9. The Labute approximate surface area is 215 Å². The molecule has 1 aromatic carbocycles. The second kappa shape index (κ2) is 8.51. The van der Waals surface area contributed by atoms with Crippen LogP contribution in [0.1, 0.15) is 22.3 Å². The predicted molar refractivity (Wildman–Crippen MR) is 127 cm³/mol. The third-order valence-electron chi connectivity index (χ3n) is 7.88. The highest BCUT2D eigenvalue weighted by atomic mass is 35.5. The van der Waals surface area contributed by atoms with E-state index < -0.39 is 64.4 Å². The first-order valence-electron chi connectivity index (χ1n) is 11.6. The molecule has 5 rings (SSSR count). The summed E-state index contributed by atoms with van der Waals surface area (Å²) in [5, 5.41) is 22.2. The summed E-state index contributed by atoms with van der Waals surface area (Å²) in [5.41, 5.74) is 4.01. The topological polar surface area (TPSA) is 181 Å². The number of Topliss-reactive ketones (excluding diaryl/α,β-unsaturated/α-hetero) is 4. The molecular formula is C25H23ClN4O7. The molecule has 11 nitrogen and oxygen atoms in total. The maximum atomic E-state index is 13.8. The van der Waals surface area contributed by atoms with E-state index in [4.69, 9.17) is 17.3 Å². The van der Waals surface area contributed by atoms with Gasteiger partial charge in [0.05, 0.1) is 17.5 Å². The number of hydrogen-bond acceptors (Lipinski definition) is 10. The van der Waals surface area contributed by atoms with Gasteiger partial charge in [0.1, 0.15) is 5.75 Å². The van der Waals surface area contributed by atoms with Crippen LogP contribution in [0.2, 0.25) is 5.28 Å². The highest BCUT2D eigenvalue weighted by Gasteiger charge is 2.69. The van der Waals surface area contributed by atoms with Crippen molar-refractivity contribution in [2.75, 3.05) is 14.1 Å². The Bertz CT molecular complexity index is 1390. The van der Waals surface area contributed by atoms with Crippen LogP contribution in [-0.2, 0) is 25.6 Å². The summed E-state index contributed by atoms with van der Waals surface area (Å²) in [6.07, 6.45) is 3.04. The number of nitrogens with zero attached hydrogens (tertiary/aromatic N) is 3. The number of amides is 1. The number of phenolic OH excluding ortho intramolecular Hbond substituents is 1. The monoisotopic (exact) mass is 526 g/mol. The highest BCUT2D eigenvalue weighted by molar-refractivity contribution is 6.32. The third kappa shape index (κ3) is 3.45. The van der Waals surface area contributed by atoms with Crippen LogP contribution in [0.4, 0.5) is 0 Å². The van der Waals surface area contributed by atoms with Crippen molar-refractivity contribution in [1.29, 1.82) is 0 Å². The van der Waals surface area contributed by atoms with Gasteiger partial charge in [-0.2, -0.15) is 0 Å². The maximum Gasteiger partial charge on any atom is 0.235 e. The number of likely N-dealkylation sites (N-methyl/N-ethyl adjacent to an activating group) is 1. The lowest BCUT2D eigenvalue weighted by Gasteiger charge is -2.52. The van der Waals surface area contributed by atoms with Gasteiger partial charge in [-0.3, -0.25) is 28.9 Å². The molecule has 1 heterocycles. The van der Waals surface area contributed by atoms with Crippen molar-refractivity contribution in [2.24, 2.45) is 29.4 Å². The van der Waals surface area contributed by atoms with Gasteiger partial charge in [0.2, 0.25) is 11.2 Å². The number of phenols is 1. The zero-order chi connectivity index (χ0) is 27.0. The second-order valence-corrected chi connectivity index (χ2v) is 10.4. The molecule has 37 heavy (non-hydrogen) atoms. The van der Waals surface area contributed by atoms with Crippen LogP contribution < -0.4 is 5.73 Å². The lowest BCUT2D eigenvalue weighted by atomic mass is 9.52. The molecule has 6 atom stereocenters. The molecule has 1 amide bonds. The van der Waals surface area contributed by atoms with E-state index in [2.05, 4.69) is 9.97 Å². The number of rotatable bonds is 3. The average Bonchev–Trinajstić information content (AvgIpc) is 2.82. The van der Waals surface area contributed by atoms with Crippen LogP contribution in [0.25, 0.3) is 11.1 Å². The first-order valence-corrected chi connectivity index (χ1v) is 11.9. The van der Waals surface area contributed by atoms with Crippen molar-refractivity contribution in [3.8, 4) is 16.9 Å². The summed E-state index contributed by atoms with van der Waals surface area (Å²) < 4.78 is 0. The number of halogens is 1. The molecule has 0 spiro atoms. The number of aliphatic hydroxyl groups is 1. The van der Waals surface area contributed by atoms with Gasteiger partial charge in [-0.1, -0.05) is 6.07 Å². The molecular weight excluding hydrogens is 504 g/mol. The lowest BCUT2D eigenvalue weighted by molar-refractivity contribution is -0.181. The number of benzene rings is 1. The molecule has 12 heteroatoms. The van der Waals surface area contributed by atoms with E-state index in [-0.39, 0.29) is 29.4 Å². The van der Waals surface area contributed by atoms with E-state index in [0.29, 0.717) is 16.7 Å². The van der Waals surface area contributed by atoms with Crippen molar-refractivity contribution in [2.45, 2.75) is 24.5 Å². The molecule has 0 saturated heterocycles. The minimum atomic E-state index is -2.76. The van der Waals surface area contributed by atoms with E-state index in [1.165, 1.54) is 37.5 Å². The molecule has 3 unspecified atom stereocenters. The van der Waals surface area contributed by atoms with Crippen LogP contribution >= 0.6 is 11.6 Å². The van der Waals surface area contributed by atoms with Gasteiger partial charge in [0, 0.05) is 23.9 Å². The molecule has 2 fully saturated rings. The SMILES string of the molecule is CN(C)C1C(=O)C(C(N)=O)C(=O)[C@]2(O)C(=O)C3C(=O)c4c(O)ccc(-c5cnc(Cl)nc5)c4C[C@H]3C[C@@H]12. The number of ketones is 4. The van der Waals surface area contributed by atoms with Gasteiger partial charge in [0.25, 0.3) is 0 Å². The minimum absolute atomic E-state index is 0.0281. The van der Waals surface area contributed by atoms with Gasteiger partial charge in [-0.25, -0.2) is 9.97 Å². The highest BCUT2D eigenvalue weighted by Crippen LogP contribution is 2.51. The molecule has 4 N–H and O–H groups in total. The number of hydrogen-bond donors (Lipinski definition) is 3. The minimum Gasteiger partial charge on any atom is -0.507 e. The van der Waals surface area contributed by atoms with E-state index >= 15 is 0 Å². The van der Waals surface area contributed by atoms with Crippen LogP contribution in [0, 0.1) is 23.7 Å². The summed E-state index contributed by atoms with van der Waals surface area (Å²) in [4.78, 5) is 75.4. The summed E-state index contributed by atoms with van der Waals surface area (Å²) in [7, 11) is 3.07. The first-order chi connectivity index (χ1) is 17.4. The molecule has 0 radical (unpaired) electrons. The molecule has 0 bridgehead atoms. The number of aromatic hydroxyl groups is 1. The summed E-state index contributed by atoms with van der Waals surface area (Å²) in [6, 6.07) is 1.75. The first kappa shape index (κ1) is 25.1. The second-order valence-electron chi connectivity index (χ2n) is 10.0. The molecule has 1 aromatic heterocycles. The number of aromatic nitrogens is 2. The van der Waals surface area contributed by atoms with Crippen molar-refractivity contribution >= 4 is 40.6 Å². The largest absolute Gasteiger partial charge is 0.507 e. The van der Waals surface area contributed by atoms with Crippen LogP contribution in [-0.4, -0.2) is 79.9 Å². The fourth-order valence-electron chi connectivity index (χ4n) is 6.33. The molecule has 0 aliphatic heterocycles. The maximum absolute atomic E-state index is 13.8. The Kier molecular flexibility index (Phi) is 5.78. The fourth-order valence-corrected chi connectivity index (χ4v) is 6.42. The molecule has 2 aromatic rings. The Balaban J connectivity index is 1.66. The smallest absolute Gasteiger partial charge is 0.235 e. The van der Waals surface area contributed by atoms with Gasteiger partial charge in [-0.15, -0.1) is 0 Å². The quantitative estimate of drug-likeness (QED) is 0.363. The predicted octanol–water partition coefficient (Wildman–Crippen LogP) is -0.0226. The van der Waals surface area contributed by atoms with Crippen molar-refractivity contribution in [1.82, 2.24) is 14.9 Å². The Morgan fingerprint density at radius 1 is 1.14 bits per heavy atom. The van der Waals surface area contributed by atoms with E-state index in [9.17, 15) is 34.2 Å². The Hall–Kier alpha value is -3.54. The number of primary amides is 1. The van der Waals surface area contributed by atoms with Crippen LogP contribution in [0.5, 0.6) is 5.75 Å².